The van der Waals surface area contributed by atoms with Crippen molar-refractivity contribution in [3.8, 4) is 5.75 Å². The van der Waals surface area contributed by atoms with E-state index < -0.39 is 22.9 Å². The van der Waals surface area contributed by atoms with Crippen LogP contribution in [0.1, 0.15) is 50.4 Å². The Kier molecular flexibility index (Phi) is 8.40. The number of esters is 1. The summed E-state index contributed by atoms with van der Waals surface area (Å²) in [5.74, 6) is -0.904. The molecule has 1 N–H and O–H groups in total. The van der Waals surface area contributed by atoms with E-state index in [0.717, 1.165) is 19.3 Å². The van der Waals surface area contributed by atoms with Crippen LogP contribution >= 0.6 is 0 Å². The lowest BCUT2D eigenvalue weighted by atomic mass is 9.97. The van der Waals surface area contributed by atoms with Gasteiger partial charge in [-0.25, -0.2) is 4.79 Å². The van der Waals surface area contributed by atoms with Gasteiger partial charge in [-0.3, -0.25) is 19.7 Å². The molecular formula is C25H29N3O7. The minimum atomic E-state index is -1.10. The lowest BCUT2D eigenvalue weighted by Crippen LogP contribution is -2.49. The van der Waals surface area contributed by atoms with E-state index in [1.54, 1.807) is 12.1 Å². The summed E-state index contributed by atoms with van der Waals surface area (Å²) in [6, 6.07) is 11.8. The van der Waals surface area contributed by atoms with E-state index >= 15 is 0 Å². The van der Waals surface area contributed by atoms with Crippen molar-refractivity contribution >= 4 is 29.2 Å². The molecule has 0 aromatic heterocycles. The van der Waals surface area contributed by atoms with Crippen LogP contribution in [0.2, 0.25) is 0 Å². The number of benzene rings is 2. The van der Waals surface area contributed by atoms with Crippen LogP contribution in [0, 0.1) is 10.1 Å². The number of non-ortho nitro benzene ring substituents is 1. The molecule has 1 aliphatic heterocycles. The molecule has 0 bridgehead atoms. The van der Waals surface area contributed by atoms with Gasteiger partial charge in [0, 0.05) is 29.9 Å². The number of carbonyl (C=O) groups excluding carboxylic acids is 3. The summed E-state index contributed by atoms with van der Waals surface area (Å²) >= 11 is 0. The number of rotatable bonds is 8. The molecule has 35 heavy (non-hydrogen) atoms. The molecule has 0 spiro atoms. The molecule has 2 amide bonds. The Hall–Kier alpha value is -3.95. The van der Waals surface area contributed by atoms with Gasteiger partial charge in [-0.1, -0.05) is 0 Å². The van der Waals surface area contributed by atoms with E-state index in [0.29, 0.717) is 11.4 Å². The third kappa shape index (κ3) is 6.78. The molecule has 2 aromatic rings. The number of nitro benzene ring substituents is 1. The van der Waals surface area contributed by atoms with Crippen LogP contribution in [-0.4, -0.2) is 52.4 Å². The number of amides is 2. The van der Waals surface area contributed by atoms with Crippen molar-refractivity contribution < 1.29 is 28.8 Å². The van der Waals surface area contributed by atoms with Crippen LogP contribution in [0.5, 0.6) is 5.75 Å². The molecule has 1 fully saturated rings. The number of nitrogens with zero attached hydrogens (tertiary/aromatic N) is 2. The maximum Gasteiger partial charge on any atom is 0.338 e. The summed E-state index contributed by atoms with van der Waals surface area (Å²) in [5.41, 5.74) is 0.458. The third-order valence-corrected chi connectivity index (χ3v) is 5.93. The zero-order valence-corrected chi connectivity index (χ0v) is 19.9. The monoisotopic (exact) mass is 483 g/mol. The van der Waals surface area contributed by atoms with Gasteiger partial charge in [-0.05, 0) is 76.4 Å². The molecule has 0 aliphatic carbocycles. The second-order valence-electron chi connectivity index (χ2n) is 8.58. The van der Waals surface area contributed by atoms with E-state index in [4.69, 9.17) is 9.47 Å². The van der Waals surface area contributed by atoms with Crippen LogP contribution in [0.4, 0.5) is 11.4 Å². The number of ether oxygens (including phenoxy) is 2. The molecule has 10 nitrogen and oxygen atoms in total. The van der Waals surface area contributed by atoms with Crippen molar-refractivity contribution in [2.24, 2.45) is 0 Å². The van der Waals surface area contributed by atoms with Crippen molar-refractivity contribution in [3.63, 3.8) is 0 Å². The summed E-state index contributed by atoms with van der Waals surface area (Å²) in [5, 5.41) is 13.3. The highest BCUT2D eigenvalue weighted by molar-refractivity contribution is 5.97. The summed E-state index contributed by atoms with van der Waals surface area (Å²) in [6.45, 7) is 5.42. The van der Waals surface area contributed by atoms with Crippen molar-refractivity contribution in [2.45, 2.75) is 58.2 Å². The molecule has 1 saturated heterocycles. The zero-order chi connectivity index (χ0) is 25.5. The third-order valence-electron chi connectivity index (χ3n) is 5.93. The lowest BCUT2D eigenvalue weighted by molar-refractivity contribution is -0.384. The Morgan fingerprint density at radius 1 is 1.06 bits per heavy atom. The molecular weight excluding hydrogens is 454 g/mol. The second kappa shape index (κ2) is 11.5. The highest BCUT2D eigenvalue weighted by atomic mass is 16.6. The molecule has 3 rings (SSSR count). The first-order chi connectivity index (χ1) is 16.7. The highest BCUT2D eigenvalue weighted by Crippen LogP contribution is 2.23. The maximum atomic E-state index is 12.6. The fourth-order valence-corrected chi connectivity index (χ4v) is 4.01. The number of anilines is 1. The number of nitro groups is 1. The van der Waals surface area contributed by atoms with Crippen LogP contribution < -0.4 is 10.1 Å². The molecule has 2 aromatic carbocycles. The first kappa shape index (κ1) is 25.7. The van der Waals surface area contributed by atoms with Crippen LogP contribution in [-0.2, 0) is 14.3 Å². The molecule has 1 heterocycles. The summed E-state index contributed by atoms with van der Waals surface area (Å²) in [7, 11) is 0. The molecule has 3 unspecified atom stereocenters. The SMILES string of the molecule is CC(OC(=O)c1ccc(OCC(=O)N2C(C)CCCC2C)cc1)C(=O)Nc1ccc([N+](=O)[O-])cc1. The maximum absolute atomic E-state index is 12.6. The number of likely N-dealkylation sites (tertiary alicyclic amines) is 1. The molecule has 186 valence electrons. The Labute approximate surface area is 203 Å². The fourth-order valence-electron chi connectivity index (χ4n) is 4.01. The minimum absolute atomic E-state index is 0.0685. The van der Waals surface area contributed by atoms with E-state index in [1.165, 1.54) is 43.3 Å². The summed E-state index contributed by atoms with van der Waals surface area (Å²) in [6.07, 6.45) is 1.98. The van der Waals surface area contributed by atoms with Gasteiger partial charge in [0.15, 0.2) is 12.7 Å². The first-order valence-corrected chi connectivity index (χ1v) is 11.5. The van der Waals surface area contributed by atoms with Crippen molar-refractivity contribution in [2.75, 3.05) is 11.9 Å². The molecule has 10 heteroatoms. The van der Waals surface area contributed by atoms with E-state index in [9.17, 15) is 24.5 Å². The molecule has 0 radical (unpaired) electrons. The smallest absolute Gasteiger partial charge is 0.338 e. The average Bonchev–Trinajstić information content (AvgIpc) is 2.83. The van der Waals surface area contributed by atoms with Gasteiger partial charge < -0.3 is 19.7 Å². The van der Waals surface area contributed by atoms with E-state index in [1.807, 2.05) is 18.7 Å². The highest BCUT2D eigenvalue weighted by Gasteiger charge is 2.29. The van der Waals surface area contributed by atoms with Crippen molar-refractivity contribution in [1.82, 2.24) is 4.90 Å². The zero-order valence-electron chi connectivity index (χ0n) is 19.9. The number of hydrogen-bond acceptors (Lipinski definition) is 7. The van der Waals surface area contributed by atoms with Gasteiger partial charge >= 0.3 is 5.97 Å². The quantitative estimate of drug-likeness (QED) is 0.342. The van der Waals surface area contributed by atoms with Crippen LogP contribution in [0.3, 0.4) is 0 Å². The largest absolute Gasteiger partial charge is 0.484 e. The Bertz CT molecular complexity index is 1060. The number of carbonyl (C=O) groups is 3. The van der Waals surface area contributed by atoms with Crippen LogP contribution in [0.15, 0.2) is 48.5 Å². The predicted octanol–water partition coefficient (Wildman–Crippen LogP) is 3.95. The van der Waals surface area contributed by atoms with E-state index in [2.05, 4.69) is 5.32 Å². The van der Waals surface area contributed by atoms with Gasteiger partial charge in [0.2, 0.25) is 0 Å². The van der Waals surface area contributed by atoms with Crippen molar-refractivity contribution in [3.05, 3.63) is 64.2 Å². The summed E-state index contributed by atoms with van der Waals surface area (Å²) in [4.78, 5) is 49.3. The van der Waals surface area contributed by atoms with Crippen molar-refractivity contribution in [1.29, 1.82) is 0 Å². The average molecular weight is 484 g/mol. The Morgan fingerprint density at radius 2 is 1.66 bits per heavy atom. The standard InChI is InChI=1S/C25H29N3O7/c1-16-5-4-6-17(2)27(16)23(29)15-34-22-13-7-19(8-14-22)25(31)35-18(3)24(30)26-20-9-11-21(12-10-20)28(32)33/h7-14,16-18H,4-6,15H2,1-3H3,(H,26,30). The number of piperidine rings is 1. The first-order valence-electron chi connectivity index (χ1n) is 11.5. The topological polar surface area (TPSA) is 128 Å². The lowest BCUT2D eigenvalue weighted by Gasteiger charge is -2.38. The normalized spacial score (nSPS) is 18.3. The van der Waals surface area contributed by atoms with Gasteiger partial charge in [0.1, 0.15) is 5.75 Å². The Balaban J connectivity index is 1.49. The van der Waals surface area contributed by atoms with Gasteiger partial charge in [0.25, 0.3) is 17.5 Å². The van der Waals surface area contributed by atoms with Gasteiger partial charge in [-0.2, -0.15) is 0 Å². The molecule has 1 aliphatic rings. The number of nitrogens with one attached hydrogen (secondary N) is 1. The fraction of sp³-hybridized carbons (Fsp3) is 0.400. The Morgan fingerprint density at radius 3 is 2.23 bits per heavy atom. The van der Waals surface area contributed by atoms with Gasteiger partial charge in [-0.15, -0.1) is 0 Å². The number of hydrogen-bond donors (Lipinski definition) is 1. The minimum Gasteiger partial charge on any atom is -0.484 e. The summed E-state index contributed by atoms with van der Waals surface area (Å²) < 4.78 is 10.8. The van der Waals surface area contributed by atoms with E-state index in [-0.39, 0.29) is 35.8 Å². The molecule has 3 atom stereocenters. The van der Waals surface area contributed by atoms with Crippen LogP contribution in [0.25, 0.3) is 0 Å². The predicted molar refractivity (Wildman–Crippen MR) is 128 cm³/mol. The second-order valence-corrected chi connectivity index (χ2v) is 8.58. The van der Waals surface area contributed by atoms with Gasteiger partial charge in [0.05, 0.1) is 10.5 Å². The molecule has 0 saturated carbocycles.